The number of rotatable bonds is 10. The Morgan fingerprint density at radius 3 is 2.50 bits per heavy atom. The third-order valence-corrected chi connectivity index (χ3v) is 6.87. The highest BCUT2D eigenvalue weighted by Gasteiger charge is 2.11. The Morgan fingerprint density at radius 1 is 0.900 bits per heavy atom. The zero-order valence-corrected chi connectivity index (χ0v) is 18.1. The summed E-state index contributed by atoms with van der Waals surface area (Å²) in [4.78, 5) is 4.21. The number of nitrogens with zero attached hydrogens (tertiary/aromatic N) is 2. The van der Waals surface area contributed by atoms with Crippen LogP contribution in [-0.4, -0.2) is 20.6 Å². The largest absolute Gasteiger partial charge is 0.399 e. The second kappa shape index (κ2) is 10.4. The molecule has 1 heterocycles. The lowest BCUT2D eigenvalue weighted by Crippen LogP contribution is -2.14. The Bertz CT molecular complexity index is 1040. The van der Waals surface area contributed by atoms with E-state index in [0.29, 0.717) is 5.25 Å². The molecule has 2 N–H and O–H groups in total. The van der Waals surface area contributed by atoms with Crippen LogP contribution in [0.2, 0.25) is 0 Å². The van der Waals surface area contributed by atoms with Crippen molar-refractivity contribution in [1.29, 1.82) is 0 Å². The van der Waals surface area contributed by atoms with Crippen molar-refractivity contribution in [3.8, 4) is 0 Å². The van der Waals surface area contributed by atoms with Crippen molar-refractivity contribution < 1.29 is 0 Å². The summed E-state index contributed by atoms with van der Waals surface area (Å²) in [5.74, 6) is 1.17. The van der Waals surface area contributed by atoms with E-state index in [1.165, 1.54) is 40.5 Å². The van der Waals surface area contributed by atoms with Gasteiger partial charge >= 0.3 is 0 Å². The van der Waals surface area contributed by atoms with Crippen LogP contribution in [0.3, 0.4) is 0 Å². The number of imidazole rings is 1. The Hall–Kier alpha value is -2.72. The van der Waals surface area contributed by atoms with Crippen LogP contribution in [0, 0.1) is 0 Å². The summed E-state index contributed by atoms with van der Waals surface area (Å²) in [6.07, 6.45) is 10.4. The van der Waals surface area contributed by atoms with Crippen molar-refractivity contribution in [2.24, 2.45) is 0 Å². The van der Waals surface area contributed by atoms with Crippen molar-refractivity contribution in [2.75, 3.05) is 11.5 Å². The molecule has 4 heteroatoms. The highest BCUT2D eigenvalue weighted by molar-refractivity contribution is 7.99. The van der Waals surface area contributed by atoms with Gasteiger partial charge in [-0.25, -0.2) is 4.98 Å². The smallest absolute Gasteiger partial charge is 0.0946 e. The molecule has 154 valence electrons. The first-order valence-corrected chi connectivity index (χ1v) is 11.7. The number of fused-ring (bicyclic) bond motifs is 1. The summed E-state index contributed by atoms with van der Waals surface area (Å²) >= 11 is 2.09. The molecule has 3 aromatic carbocycles. The second-order valence-electron chi connectivity index (χ2n) is 7.82. The summed E-state index contributed by atoms with van der Waals surface area (Å²) in [5.41, 5.74) is 9.41. The summed E-state index contributed by atoms with van der Waals surface area (Å²) in [5, 5.41) is 3.22. The van der Waals surface area contributed by atoms with Crippen LogP contribution in [0.1, 0.15) is 24.0 Å². The number of nitrogen functional groups attached to an aromatic ring is 1. The third kappa shape index (κ3) is 5.90. The SMILES string of the molecule is Nc1ccc(CCCSC(CCc2ccc3ccccc3c2)Cn2ccnc2)cc1. The highest BCUT2D eigenvalue weighted by atomic mass is 32.2. The first-order chi connectivity index (χ1) is 14.8. The van der Waals surface area contributed by atoms with Crippen LogP contribution in [0.25, 0.3) is 10.8 Å². The molecular formula is C26H29N3S. The molecule has 0 saturated carbocycles. The highest BCUT2D eigenvalue weighted by Crippen LogP contribution is 2.23. The van der Waals surface area contributed by atoms with E-state index in [1.54, 1.807) is 0 Å². The van der Waals surface area contributed by atoms with E-state index >= 15 is 0 Å². The first kappa shape index (κ1) is 20.5. The molecule has 0 amide bonds. The molecule has 0 radical (unpaired) electrons. The molecule has 1 atom stereocenters. The lowest BCUT2D eigenvalue weighted by molar-refractivity contribution is 0.623. The Balaban J connectivity index is 1.32. The van der Waals surface area contributed by atoms with Gasteiger partial charge in [0.25, 0.3) is 0 Å². The van der Waals surface area contributed by atoms with E-state index in [4.69, 9.17) is 5.73 Å². The number of hydrogen-bond donors (Lipinski definition) is 1. The van der Waals surface area contributed by atoms with E-state index in [2.05, 4.69) is 82.1 Å². The molecule has 0 saturated heterocycles. The number of thioether (sulfide) groups is 1. The van der Waals surface area contributed by atoms with Gasteiger partial charge in [0.05, 0.1) is 6.33 Å². The van der Waals surface area contributed by atoms with Gasteiger partial charge in [-0.05, 0) is 65.5 Å². The number of nitrogens with two attached hydrogens (primary N) is 1. The number of aryl methyl sites for hydroxylation is 2. The van der Waals surface area contributed by atoms with Gasteiger partial charge in [0.15, 0.2) is 0 Å². The van der Waals surface area contributed by atoms with Crippen LogP contribution in [0.5, 0.6) is 0 Å². The average molecular weight is 416 g/mol. The van der Waals surface area contributed by atoms with Gasteiger partial charge in [-0.1, -0.05) is 54.6 Å². The zero-order valence-electron chi connectivity index (χ0n) is 17.3. The molecular weight excluding hydrogens is 386 g/mol. The fourth-order valence-corrected chi connectivity index (χ4v) is 5.00. The van der Waals surface area contributed by atoms with E-state index in [-0.39, 0.29) is 0 Å². The molecule has 0 bridgehead atoms. The number of hydrogen-bond acceptors (Lipinski definition) is 3. The molecule has 4 rings (SSSR count). The fourth-order valence-electron chi connectivity index (χ4n) is 3.79. The van der Waals surface area contributed by atoms with Crippen molar-refractivity contribution in [2.45, 2.75) is 37.5 Å². The van der Waals surface area contributed by atoms with Crippen LogP contribution in [0.15, 0.2) is 85.5 Å². The van der Waals surface area contributed by atoms with E-state index in [0.717, 1.165) is 25.1 Å². The number of benzene rings is 3. The van der Waals surface area contributed by atoms with Gasteiger partial charge in [0.2, 0.25) is 0 Å². The van der Waals surface area contributed by atoms with Gasteiger partial charge in [-0.2, -0.15) is 11.8 Å². The van der Waals surface area contributed by atoms with Crippen LogP contribution < -0.4 is 5.73 Å². The molecule has 0 spiro atoms. The molecule has 1 unspecified atom stereocenters. The molecule has 0 fully saturated rings. The van der Waals surface area contributed by atoms with Gasteiger partial charge in [0.1, 0.15) is 0 Å². The molecule has 0 aliphatic carbocycles. The summed E-state index contributed by atoms with van der Waals surface area (Å²) in [6, 6.07) is 23.7. The summed E-state index contributed by atoms with van der Waals surface area (Å²) < 4.78 is 2.21. The number of aromatic nitrogens is 2. The predicted molar refractivity (Wildman–Crippen MR) is 130 cm³/mol. The molecule has 30 heavy (non-hydrogen) atoms. The van der Waals surface area contributed by atoms with Gasteiger partial charge in [0, 0.05) is 29.9 Å². The average Bonchev–Trinajstić information content (AvgIpc) is 3.29. The van der Waals surface area contributed by atoms with E-state index in [9.17, 15) is 0 Å². The Kier molecular flexibility index (Phi) is 7.09. The minimum Gasteiger partial charge on any atom is -0.399 e. The maximum Gasteiger partial charge on any atom is 0.0946 e. The van der Waals surface area contributed by atoms with Gasteiger partial charge in [-0.3, -0.25) is 0 Å². The monoisotopic (exact) mass is 415 g/mol. The lowest BCUT2D eigenvalue weighted by atomic mass is 10.0. The van der Waals surface area contributed by atoms with Crippen LogP contribution >= 0.6 is 11.8 Å². The van der Waals surface area contributed by atoms with Gasteiger partial charge < -0.3 is 10.3 Å². The number of anilines is 1. The second-order valence-corrected chi connectivity index (χ2v) is 9.23. The van der Waals surface area contributed by atoms with Crippen LogP contribution in [-0.2, 0) is 19.4 Å². The normalized spacial score (nSPS) is 12.3. The van der Waals surface area contributed by atoms with E-state index in [1.807, 2.05) is 24.7 Å². The minimum atomic E-state index is 0.581. The topological polar surface area (TPSA) is 43.8 Å². The standard InChI is InChI=1S/C26H29N3S/c27-25-12-8-21(9-13-25)4-3-17-30-26(19-29-16-15-28-20-29)14-10-22-7-11-23-5-1-2-6-24(23)18-22/h1-2,5-9,11-13,15-16,18,20,26H,3-4,10,14,17,19,27H2. The minimum absolute atomic E-state index is 0.581. The summed E-state index contributed by atoms with van der Waals surface area (Å²) in [6.45, 7) is 1.01. The third-order valence-electron chi connectivity index (χ3n) is 5.49. The molecule has 0 aliphatic heterocycles. The maximum atomic E-state index is 5.79. The van der Waals surface area contributed by atoms with Crippen LogP contribution in [0.4, 0.5) is 5.69 Å². The van der Waals surface area contributed by atoms with E-state index < -0.39 is 0 Å². The van der Waals surface area contributed by atoms with Crippen molar-refractivity contribution in [3.63, 3.8) is 0 Å². The lowest BCUT2D eigenvalue weighted by Gasteiger charge is -2.17. The van der Waals surface area contributed by atoms with Crippen molar-refractivity contribution in [1.82, 2.24) is 9.55 Å². The molecule has 4 aromatic rings. The Labute approximate surface area is 183 Å². The molecule has 0 aliphatic rings. The molecule has 3 nitrogen and oxygen atoms in total. The summed E-state index contributed by atoms with van der Waals surface area (Å²) in [7, 11) is 0. The quantitative estimate of drug-likeness (QED) is 0.256. The van der Waals surface area contributed by atoms with Crippen molar-refractivity contribution in [3.05, 3.63) is 96.6 Å². The first-order valence-electron chi connectivity index (χ1n) is 10.7. The maximum absolute atomic E-state index is 5.79. The van der Waals surface area contributed by atoms with Crippen molar-refractivity contribution >= 4 is 28.2 Å². The molecule has 1 aromatic heterocycles. The van der Waals surface area contributed by atoms with Gasteiger partial charge in [-0.15, -0.1) is 0 Å². The zero-order chi connectivity index (χ0) is 20.6. The fraction of sp³-hybridized carbons (Fsp3) is 0.269. The predicted octanol–water partition coefficient (Wildman–Crippen LogP) is 5.99. The Morgan fingerprint density at radius 2 is 1.70 bits per heavy atom.